The lowest BCUT2D eigenvalue weighted by molar-refractivity contribution is -0.514. The maximum atomic E-state index is 14.3. The largest absolute Gasteiger partial charge is 0.469 e. The first-order valence-corrected chi connectivity index (χ1v) is 16.1. The fourth-order valence-corrected chi connectivity index (χ4v) is 10.8. The zero-order valence-corrected chi connectivity index (χ0v) is 26.0. The number of hydrogen-bond acceptors (Lipinski definition) is 6. The molecule has 43 heavy (non-hydrogen) atoms. The number of halogens is 1. The molecule has 0 heterocycles. The van der Waals surface area contributed by atoms with E-state index in [4.69, 9.17) is 9.47 Å². The Labute approximate surface area is 258 Å². The van der Waals surface area contributed by atoms with E-state index in [0.29, 0.717) is 5.56 Å². The Bertz CT molecular complexity index is 1620. The molecular weight excluding hydrogens is 629 g/mol. The van der Waals surface area contributed by atoms with Gasteiger partial charge < -0.3 is 9.47 Å². The van der Waals surface area contributed by atoms with E-state index < -0.39 is 41.6 Å². The molecule has 0 N–H and O–H groups in total. The SMILES string of the molecule is COC(=O)C(C1=C[C@H](C(=O)OC)[C@H](c2ccc(Br)cc2)[C@H]1[N+](=O)[O-])=P(c1ccccc1)(c1ccccc1)c1ccccc1. The molecule has 7 nitrogen and oxygen atoms in total. The highest BCUT2D eigenvalue weighted by Gasteiger charge is 2.53. The minimum Gasteiger partial charge on any atom is -0.469 e. The molecule has 0 radical (unpaired) electrons. The molecule has 4 aromatic rings. The predicted molar refractivity (Wildman–Crippen MR) is 173 cm³/mol. The Balaban J connectivity index is 1.99. The number of rotatable bonds is 8. The molecule has 1 aliphatic rings. The number of carbonyl (C=O) groups is 2. The molecule has 0 amide bonds. The van der Waals surface area contributed by atoms with Crippen LogP contribution in [0, 0.1) is 16.0 Å². The Morgan fingerprint density at radius 3 is 1.60 bits per heavy atom. The monoisotopic (exact) mass is 657 g/mol. The summed E-state index contributed by atoms with van der Waals surface area (Å²) >= 11 is 3.42. The second-order valence-corrected chi connectivity index (χ2v) is 14.2. The maximum Gasteiger partial charge on any atom is 0.339 e. The summed E-state index contributed by atoms with van der Waals surface area (Å²) in [6.07, 6.45) is 1.56. The van der Waals surface area contributed by atoms with E-state index in [1.807, 2.05) is 91.0 Å². The summed E-state index contributed by atoms with van der Waals surface area (Å²) in [5.74, 6) is -3.25. The summed E-state index contributed by atoms with van der Waals surface area (Å²) in [5, 5.41) is 15.7. The van der Waals surface area contributed by atoms with Crippen LogP contribution in [0.4, 0.5) is 0 Å². The maximum absolute atomic E-state index is 14.3. The van der Waals surface area contributed by atoms with Gasteiger partial charge in [0.05, 0.1) is 31.3 Å². The Morgan fingerprint density at radius 1 is 0.744 bits per heavy atom. The van der Waals surface area contributed by atoms with Crippen LogP contribution >= 0.6 is 22.8 Å². The van der Waals surface area contributed by atoms with Gasteiger partial charge in [0.2, 0.25) is 6.04 Å². The Kier molecular flexibility index (Phi) is 9.09. The van der Waals surface area contributed by atoms with Gasteiger partial charge in [-0.05, 0) is 40.5 Å². The fourth-order valence-electron chi connectivity index (χ4n) is 6.01. The van der Waals surface area contributed by atoms with Gasteiger partial charge in [-0.2, -0.15) is 0 Å². The van der Waals surface area contributed by atoms with E-state index in [1.54, 1.807) is 30.3 Å². The Hall–Kier alpha value is -4.26. The van der Waals surface area contributed by atoms with Crippen LogP contribution in [0.1, 0.15) is 11.5 Å². The van der Waals surface area contributed by atoms with Crippen molar-refractivity contribution in [3.8, 4) is 0 Å². The Morgan fingerprint density at radius 2 is 1.21 bits per heavy atom. The quantitative estimate of drug-likeness (QED) is 0.111. The van der Waals surface area contributed by atoms with E-state index in [-0.39, 0.29) is 10.9 Å². The lowest BCUT2D eigenvalue weighted by atomic mass is 9.84. The van der Waals surface area contributed by atoms with Crippen LogP contribution in [-0.4, -0.2) is 42.4 Å². The van der Waals surface area contributed by atoms with Crippen molar-refractivity contribution in [2.24, 2.45) is 5.92 Å². The normalized spacial score (nSPS) is 17.9. The minimum atomic E-state index is -3.14. The van der Waals surface area contributed by atoms with Gasteiger partial charge in [-0.1, -0.05) is 125 Å². The molecule has 0 bridgehead atoms. The number of hydrogen-bond donors (Lipinski definition) is 0. The highest BCUT2D eigenvalue weighted by atomic mass is 79.9. The molecule has 0 aromatic heterocycles. The average Bonchev–Trinajstić information content (AvgIpc) is 3.45. The fraction of sp³-hybridized carbons (Fsp3) is 0.147. The number of ether oxygens (including phenoxy) is 2. The third kappa shape index (κ3) is 5.49. The van der Waals surface area contributed by atoms with Gasteiger partial charge in [-0.3, -0.25) is 14.9 Å². The molecule has 3 atom stereocenters. The van der Waals surface area contributed by atoms with E-state index in [2.05, 4.69) is 15.9 Å². The predicted octanol–water partition coefficient (Wildman–Crippen LogP) is 5.25. The summed E-state index contributed by atoms with van der Waals surface area (Å²) in [7, 11) is 2.53. The van der Waals surface area contributed by atoms with Gasteiger partial charge in [0.1, 0.15) is 0 Å². The first-order chi connectivity index (χ1) is 20.8. The van der Waals surface area contributed by atoms with Gasteiger partial charge in [0, 0.05) is 15.0 Å². The van der Waals surface area contributed by atoms with E-state index in [0.717, 1.165) is 20.4 Å². The van der Waals surface area contributed by atoms with Crippen molar-refractivity contribution in [2.75, 3.05) is 14.2 Å². The summed E-state index contributed by atoms with van der Waals surface area (Å²) in [6, 6.07) is 34.3. The topological polar surface area (TPSA) is 95.7 Å². The molecule has 0 spiro atoms. The standard InChI is InChI=1S/C34H29BrNO6P/c1-41-33(37)28-22-29(31(36(39)40)30(28)23-18-20-24(35)21-19-23)32(34(38)42-2)43(25-12-6-3-7-13-25,26-14-8-4-9-15-26)27-16-10-5-11-17-27/h3-22,28,30-31H,1-2H3/t28-,30-,31-/m0/s1. The van der Waals surface area contributed by atoms with Gasteiger partial charge in [-0.15, -0.1) is 0 Å². The third-order valence-corrected chi connectivity index (χ3v) is 12.6. The number of esters is 2. The summed E-state index contributed by atoms with van der Waals surface area (Å²) in [4.78, 5) is 40.3. The number of nitro groups is 1. The van der Waals surface area contributed by atoms with Crippen molar-refractivity contribution >= 4 is 56.0 Å². The molecule has 4 aromatic carbocycles. The summed E-state index contributed by atoms with van der Waals surface area (Å²) in [6.45, 7) is -3.14. The minimum absolute atomic E-state index is 0.157. The molecule has 5 rings (SSSR count). The molecule has 0 unspecified atom stereocenters. The van der Waals surface area contributed by atoms with Crippen molar-refractivity contribution in [1.29, 1.82) is 0 Å². The van der Waals surface area contributed by atoms with Gasteiger partial charge in [-0.25, -0.2) is 4.79 Å². The molecule has 0 aliphatic heterocycles. The molecule has 1 aliphatic carbocycles. The van der Waals surface area contributed by atoms with Crippen LogP contribution in [0.25, 0.3) is 0 Å². The third-order valence-electron chi connectivity index (χ3n) is 7.78. The zero-order chi connectivity index (χ0) is 30.6. The first-order valence-electron chi connectivity index (χ1n) is 13.5. The molecule has 218 valence electrons. The lowest BCUT2D eigenvalue weighted by Gasteiger charge is -2.33. The average molecular weight is 658 g/mol. The van der Waals surface area contributed by atoms with Gasteiger partial charge in [0.25, 0.3) is 0 Å². The van der Waals surface area contributed by atoms with Crippen molar-refractivity contribution in [3.63, 3.8) is 0 Å². The number of carbonyl (C=O) groups excluding carboxylic acids is 2. The number of methoxy groups -OCH3 is 2. The van der Waals surface area contributed by atoms with Crippen molar-refractivity contribution < 1.29 is 24.0 Å². The van der Waals surface area contributed by atoms with Gasteiger partial charge >= 0.3 is 11.9 Å². The smallest absolute Gasteiger partial charge is 0.339 e. The molecule has 0 saturated heterocycles. The van der Waals surface area contributed by atoms with Gasteiger partial charge in [0.15, 0.2) is 0 Å². The summed E-state index contributed by atoms with van der Waals surface area (Å²) in [5.41, 5.74) is 0.740. The summed E-state index contributed by atoms with van der Waals surface area (Å²) < 4.78 is 11.4. The number of nitrogens with zero attached hydrogens (tertiary/aromatic N) is 1. The second kappa shape index (κ2) is 12.9. The molecule has 0 saturated carbocycles. The van der Waals surface area contributed by atoms with Crippen molar-refractivity contribution in [3.05, 3.63) is 147 Å². The molecule has 9 heteroatoms. The van der Waals surface area contributed by atoms with Crippen molar-refractivity contribution in [1.82, 2.24) is 0 Å². The first kappa shape index (κ1) is 30.2. The van der Waals surface area contributed by atoms with Crippen LogP contribution in [0.5, 0.6) is 0 Å². The molecule has 0 fully saturated rings. The van der Waals surface area contributed by atoms with Crippen LogP contribution < -0.4 is 15.9 Å². The zero-order valence-electron chi connectivity index (χ0n) is 23.5. The highest BCUT2D eigenvalue weighted by molar-refractivity contribution is 9.10. The van der Waals surface area contributed by atoms with Crippen LogP contribution in [0.2, 0.25) is 0 Å². The molecular formula is C34H29BrNO6P. The van der Waals surface area contributed by atoms with Crippen LogP contribution in [0.15, 0.2) is 131 Å². The van der Waals surface area contributed by atoms with Crippen molar-refractivity contribution in [2.45, 2.75) is 12.0 Å². The highest BCUT2D eigenvalue weighted by Crippen LogP contribution is 2.52. The van der Waals surface area contributed by atoms with E-state index in [1.165, 1.54) is 14.2 Å². The van der Waals surface area contributed by atoms with Crippen LogP contribution in [0.3, 0.4) is 0 Å². The second-order valence-electron chi connectivity index (χ2n) is 10.00. The van der Waals surface area contributed by atoms with E-state index in [9.17, 15) is 19.7 Å². The lowest BCUT2D eigenvalue weighted by Crippen LogP contribution is -2.39. The van der Waals surface area contributed by atoms with E-state index >= 15 is 0 Å². The number of benzene rings is 4. The van der Waals surface area contributed by atoms with Crippen LogP contribution in [-0.2, 0) is 19.1 Å².